The number of amides is 1. The number of rotatable bonds is 4. The summed E-state index contributed by atoms with van der Waals surface area (Å²) in [6, 6.07) is 10.2. The first-order chi connectivity index (χ1) is 11.7. The van der Waals surface area contributed by atoms with E-state index in [4.69, 9.17) is 0 Å². The molecule has 4 nitrogen and oxygen atoms in total. The Balaban J connectivity index is 1.50. The number of halogens is 1. The number of pyridine rings is 1. The van der Waals surface area contributed by atoms with Crippen molar-refractivity contribution >= 4 is 12.0 Å². The molecule has 2 aromatic rings. The lowest BCUT2D eigenvalue weighted by atomic mass is 10.2. The molecule has 1 aromatic heterocycles. The molecule has 0 spiro atoms. The van der Waals surface area contributed by atoms with Crippen molar-refractivity contribution in [3.05, 3.63) is 71.8 Å². The van der Waals surface area contributed by atoms with E-state index in [-0.39, 0.29) is 11.7 Å². The molecule has 0 unspecified atom stereocenters. The SMILES string of the molecule is O=C(/C=C/c1cccc(F)c1)N1CCN(Cc2ccncc2)CC1. The van der Waals surface area contributed by atoms with E-state index in [1.807, 2.05) is 17.0 Å². The molecule has 0 N–H and O–H groups in total. The van der Waals surface area contributed by atoms with Crippen molar-refractivity contribution in [3.8, 4) is 0 Å². The van der Waals surface area contributed by atoms with Crippen LogP contribution in [-0.4, -0.2) is 46.9 Å². The van der Waals surface area contributed by atoms with Crippen LogP contribution in [0.4, 0.5) is 4.39 Å². The highest BCUT2D eigenvalue weighted by Crippen LogP contribution is 2.10. The fourth-order valence-corrected chi connectivity index (χ4v) is 2.76. The van der Waals surface area contributed by atoms with Gasteiger partial charge in [0.2, 0.25) is 5.91 Å². The number of piperazine rings is 1. The van der Waals surface area contributed by atoms with Gasteiger partial charge in [0.15, 0.2) is 0 Å². The van der Waals surface area contributed by atoms with Crippen LogP contribution in [0, 0.1) is 5.82 Å². The van der Waals surface area contributed by atoms with E-state index in [1.54, 1.807) is 30.6 Å². The topological polar surface area (TPSA) is 36.4 Å². The van der Waals surface area contributed by atoms with E-state index < -0.39 is 0 Å². The zero-order valence-electron chi connectivity index (χ0n) is 13.4. The normalized spacial score (nSPS) is 15.8. The molecule has 0 radical (unpaired) electrons. The minimum Gasteiger partial charge on any atom is -0.337 e. The smallest absolute Gasteiger partial charge is 0.246 e. The summed E-state index contributed by atoms with van der Waals surface area (Å²) in [7, 11) is 0. The standard InChI is InChI=1S/C19H20FN3O/c20-18-3-1-2-16(14-18)4-5-19(24)23-12-10-22(11-13-23)15-17-6-8-21-9-7-17/h1-9,14H,10-13,15H2/b5-4+. The van der Waals surface area contributed by atoms with Crippen molar-refractivity contribution in [1.29, 1.82) is 0 Å². The Kier molecular flexibility index (Phi) is 5.33. The quantitative estimate of drug-likeness (QED) is 0.811. The Labute approximate surface area is 141 Å². The number of hydrogen-bond donors (Lipinski definition) is 0. The summed E-state index contributed by atoms with van der Waals surface area (Å²) in [5.74, 6) is -0.322. The minimum absolute atomic E-state index is 0.0252. The molecule has 1 aliphatic rings. The molecule has 1 amide bonds. The van der Waals surface area contributed by atoms with Gasteiger partial charge in [-0.15, -0.1) is 0 Å². The predicted molar refractivity (Wildman–Crippen MR) is 91.5 cm³/mol. The number of benzene rings is 1. The van der Waals surface area contributed by atoms with Gasteiger partial charge in [-0.05, 0) is 41.5 Å². The second kappa shape index (κ2) is 7.84. The third-order valence-corrected chi connectivity index (χ3v) is 4.11. The van der Waals surface area contributed by atoms with Crippen LogP contribution in [-0.2, 0) is 11.3 Å². The molecule has 124 valence electrons. The Morgan fingerprint density at radius 3 is 2.58 bits per heavy atom. The molecule has 1 saturated heterocycles. The number of carbonyl (C=O) groups excluding carboxylic acids is 1. The van der Waals surface area contributed by atoms with Gasteiger partial charge >= 0.3 is 0 Å². The summed E-state index contributed by atoms with van der Waals surface area (Å²) in [6.45, 7) is 3.99. The van der Waals surface area contributed by atoms with Gasteiger partial charge in [-0.3, -0.25) is 14.7 Å². The Morgan fingerprint density at radius 1 is 1.12 bits per heavy atom. The lowest BCUT2D eigenvalue weighted by Gasteiger charge is -2.34. The van der Waals surface area contributed by atoms with Gasteiger partial charge in [0.1, 0.15) is 5.82 Å². The molecule has 5 heteroatoms. The van der Waals surface area contributed by atoms with Crippen LogP contribution in [0.5, 0.6) is 0 Å². The van der Waals surface area contributed by atoms with Crippen LogP contribution in [0.1, 0.15) is 11.1 Å². The Hall–Kier alpha value is -2.53. The van der Waals surface area contributed by atoms with Crippen LogP contribution >= 0.6 is 0 Å². The summed E-state index contributed by atoms with van der Waals surface area (Å²) in [4.78, 5) is 20.4. The summed E-state index contributed by atoms with van der Waals surface area (Å²) >= 11 is 0. The largest absolute Gasteiger partial charge is 0.337 e. The number of hydrogen-bond acceptors (Lipinski definition) is 3. The molecule has 2 heterocycles. The van der Waals surface area contributed by atoms with Gasteiger partial charge in [-0.25, -0.2) is 4.39 Å². The van der Waals surface area contributed by atoms with E-state index in [0.717, 1.165) is 19.6 Å². The molecule has 0 saturated carbocycles. The zero-order valence-corrected chi connectivity index (χ0v) is 13.4. The van der Waals surface area contributed by atoms with Crippen molar-refractivity contribution in [2.75, 3.05) is 26.2 Å². The molecular weight excluding hydrogens is 305 g/mol. The van der Waals surface area contributed by atoms with E-state index in [1.165, 1.54) is 23.8 Å². The van der Waals surface area contributed by atoms with Gasteiger partial charge in [-0.2, -0.15) is 0 Å². The van der Waals surface area contributed by atoms with Gasteiger partial charge < -0.3 is 4.90 Å². The average molecular weight is 325 g/mol. The highest BCUT2D eigenvalue weighted by molar-refractivity contribution is 5.91. The maximum Gasteiger partial charge on any atom is 0.246 e. The van der Waals surface area contributed by atoms with Crippen LogP contribution in [0.2, 0.25) is 0 Å². The van der Waals surface area contributed by atoms with E-state index in [9.17, 15) is 9.18 Å². The van der Waals surface area contributed by atoms with Crippen molar-refractivity contribution in [2.24, 2.45) is 0 Å². The van der Waals surface area contributed by atoms with Crippen molar-refractivity contribution in [1.82, 2.24) is 14.8 Å². The first kappa shape index (κ1) is 16.3. The lowest BCUT2D eigenvalue weighted by Crippen LogP contribution is -2.47. The first-order valence-electron chi connectivity index (χ1n) is 8.04. The number of carbonyl (C=O) groups is 1. The maximum atomic E-state index is 13.1. The summed E-state index contributed by atoms with van der Waals surface area (Å²) in [5.41, 5.74) is 1.93. The maximum absolute atomic E-state index is 13.1. The lowest BCUT2D eigenvalue weighted by molar-refractivity contribution is -0.127. The number of nitrogens with zero attached hydrogens (tertiary/aromatic N) is 3. The molecule has 0 aliphatic carbocycles. The highest BCUT2D eigenvalue weighted by atomic mass is 19.1. The van der Waals surface area contributed by atoms with Gasteiger partial charge in [0.05, 0.1) is 0 Å². The molecule has 3 rings (SSSR count). The summed E-state index contributed by atoms with van der Waals surface area (Å²) in [6.07, 6.45) is 6.78. The monoisotopic (exact) mass is 325 g/mol. The fourth-order valence-electron chi connectivity index (χ4n) is 2.76. The molecular formula is C19H20FN3O. The Morgan fingerprint density at radius 2 is 1.88 bits per heavy atom. The van der Waals surface area contributed by atoms with Crippen LogP contribution in [0.25, 0.3) is 6.08 Å². The predicted octanol–water partition coefficient (Wildman–Crippen LogP) is 2.58. The molecule has 0 atom stereocenters. The van der Waals surface area contributed by atoms with Crippen LogP contribution in [0.3, 0.4) is 0 Å². The van der Waals surface area contributed by atoms with Gasteiger partial charge in [0.25, 0.3) is 0 Å². The van der Waals surface area contributed by atoms with Crippen LogP contribution < -0.4 is 0 Å². The molecule has 24 heavy (non-hydrogen) atoms. The minimum atomic E-state index is -0.297. The van der Waals surface area contributed by atoms with E-state index in [0.29, 0.717) is 18.7 Å². The van der Waals surface area contributed by atoms with Crippen molar-refractivity contribution in [3.63, 3.8) is 0 Å². The van der Waals surface area contributed by atoms with Gasteiger partial charge in [-0.1, -0.05) is 12.1 Å². The third kappa shape index (κ3) is 4.49. The summed E-state index contributed by atoms with van der Waals surface area (Å²) in [5, 5.41) is 0. The van der Waals surface area contributed by atoms with Crippen molar-refractivity contribution in [2.45, 2.75) is 6.54 Å². The fraction of sp³-hybridized carbons (Fsp3) is 0.263. The third-order valence-electron chi connectivity index (χ3n) is 4.11. The van der Waals surface area contributed by atoms with Gasteiger partial charge in [0, 0.05) is 51.2 Å². The molecule has 1 aromatic carbocycles. The molecule has 1 aliphatic heterocycles. The van der Waals surface area contributed by atoms with Crippen LogP contribution in [0.15, 0.2) is 54.9 Å². The van der Waals surface area contributed by atoms with E-state index in [2.05, 4.69) is 9.88 Å². The number of aromatic nitrogens is 1. The molecule has 1 fully saturated rings. The van der Waals surface area contributed by atoms with E-state index >= 15 is 0 Å². The average Bonchev–Trinajstić information content (AvgIpc) is 2.61. The second-order valence-corrected chi connectivity index (χ2v) is 5.85. The molecule has 0 bridgehead atoms. The summed E-state index contributed by atoms with van der Waals surface area (Å²) < 4.78 is 13.1. The Bertz CT molecular complexity index is 710. The second-order valence-electron chi connectivity index (χ2n) is 5.85. The van der Waals surface area contributed by atoms with Crippen molar-refractivity contribution < 1.29 is 9.18 Å². The zero-order chi connectivity index (χ0) is 16.8. The highest BCUT2D eigenvalue weighted by Gasteiger charge is 2.19. The first-order valence-corrected chi connectivity index (χ1v) is 8.04.